The van der Waals surface area contributed by atoms with E-state index >= 15 is 0 Å². The van der Waals surface area contributed by atoms with Gasteiger partial charge in [0, 0.05) is 16.6 Å². The molecule has 0 aliphatic carbocycles. The normalized spacial score (nSPS) is 12.2. The molecule has 1 aromatic heterocycles. The lowest BCUT2D eigenvalue weighted by atomic mass is 10.1. The van der Waals surface area contributed by atoms with Crippen LogP contribution in [-0.2, 0) is 0 Å². The van der Waals surface area contributed by atoms with E-state index in [0.29, 0.717) is 5.56 Å². The fourth-order valence-corrected chi connectivity index (χ4v) is 2.27. The van der Waals surface area contributed by atoms with Crippen molar-refractivity contribution in [2.75, 3.05) is 5.32 Å². The van der Waals surface area contributed by atoms with Gasteiger partial charge in [-0.05, 0) is 43.3 Å². The maximum Gasteiger partial charge on any atom is 0.248 e. The van der Waals surface area contributed by atoms with Crippen LogP contribution in [0.2, 0.25) is 0 Å². The van der Waals surface area contributed by atoms with E-state index in [1.165, 1.54) is 0 Å². The van der Waals surface area contributed by atoms with E-state index in [-0.39, 0.29) is 6.04 Å². The minimum atomic E-state index is -0.424. The fourth-order valence-electron chi connectivity index (χ4n) is 2.27. The van der Waals surface area contributed by atoms with Crippen LogP contribution in [0, 0.1) is 0 Å². The molecule has 4 heteroatoms. The van der Waals surface area contributed by atoms with Gasteiger partial charge in [0.05, 0.1) is 6.04 Å². The van der Waals surface area contributed by atoms with Gasteiger partial charge in [0.15, 0.2) is 0 Å². The smallest absolute Gasteiger partial charge is 0.248 e. The average molecular weight is 280 g/mol. The summed E-state index contributed by atoms with van der Waals surface area (Å²) in [6, 6.07) is 17.1. The minimum absolute atomic E-state index is 0.0248. The number of nitrogens with two attached hydrogens (primary N) is 1. The van der Waals surface area contributed by atoms with E-state index in [1.807, 2.05) is 49.4 Å². The molecule has 0 aliphatic heterocycles. The van der Waals surface area contributed by atoms with Gasteiger partial charge in [-0.25, -0.2) is 0 Å². The summed E-state index contributed by atoms with van der Waals surface area (Å²) in [6.07, 6.45) is 0. The Hall–Kier alpha value is -2.75. The SMILES string of the molecule is CC(Nc1ccc(C(N)=O)cc1)c1cc2ccccc2o1. The van der Waals surface area contributed by atoms with E-state index in [1.54, 1.807) is 12.1 Å². The number of hydrogen-bond donors (Lipinski definition) is 2. The predicted molar refractivity (Wildman–Crippen MR) is 83.2 cm³/mol. The lowest BCUT2D eigenvalue weighted by molar-refractivity contribution is 0.100. The van der Waals surface area contributed by atoms with Crippen LogP contribution in [0.5, 0.6) is 0 Å². The average Bonchev–Trinajstić information content (AvgIpc) is 2.92. The van der Waals surface area contributed by atoms with Crippen LogP contribution in [-0.4, -0.2) is 5.91 Å². The first-order valence-corrected chi connectivity index (χ1v) is 6.78. The summed E-state index contributed by atoms with van der Waals surface area (Å²) in [5.41, 5.74) is 7.51. The maximum absolute atomic E-state index is 11.0. The van der Waals surface area contributed by atoms with Crippen LogP contribution < -0.4 is 11.1 Å². The van der Waals surface area contributed by atoms with Crippen molar-refractivity contribution in [3.05, 3.63) is 65.9 Å². The second-order valence-corrected chi connectivity index (χ2v) is 4.99. The van der Waals surface area contributed by atoms with E-state index in [9.17, 15) is 4.79 Å². The minimum Gasteiger partial charge on any atom is -0.459 e. The molecule has 0 spiro atoms. The monoisotopic (exact) mass is 280 g/mol. The number of carbonyl (C=O) groups is 1. The van der Waals surface area contributed by atoms with Crippen molar-refractivity contribution in [3.8, 4) is 0 Å². The van der Waals surface area contributed by atoms with Gasteiger partial charge in [-0.1, -0.05) is 18.2 Å². The number of rotatable bonds is 4. The molecule has 1 amide bonds. The molecule has 0 fully saturated rings. The van der Waals surface area contributed by atoms with Crippen LogP contribution in [0.4, 0.5) is 5.69 Å². The first kappa shape index (κ1) is 13.2. The van der Waals surface area contributed by atoms with Crippen molar-refractivity contribution in [1.29, 1.82) is 0 Å². The number of fused-ring (bicyclic) bond motifs is 1. The highest BCUT2D eigenvalue weighted by molar-refractivity contribution is 5.93. The van der Waals surface area contributed by atoms with Crippen LogP contribution in [0.15, 0.2) is 59.0 Å². The van der Waals surface area contributed by atoms with E-state index in [0.717, 1.165) is 22.4 Å². The zero-order valence-electron chi connectivity index (χ0n) is 11.7. The lowest BCUT2D eigenvalue weighted by Gasteiger charge is -2.12. The Bertz CT molecular complexity index is 742. The summed E-state index contributed by atoms with van der Waals surface area (Å²) in [4.78, 5) is 11.0. The highest BCUT2D eigenvalue weighted by Crippen LogP contribution is 2.26. The second-order valence-electron chi connectivity index (χ2n) is 4.99. The Balaban J connectivity index is 1.78. The number of amides is 1. The number of anilines is 1. The van der Waals surface area contributed by atoms with Crippen molar-refractivity contribution in [1.82, 2.24) is 0 Å². The van der Waals surface area contributed by atoms with Crippen molar-refractivity contribution in [2.45, 2.75) is 13.0 Å². The summed E-state index contributed by atoms with van der Waals surface area (Å²) in [5.74, 6) is 0.446. The number of benzene rings is 2. The van der Waals surface area contributed by atoms with E-state index in [4.69, 9.17) is 10.2 Å². The van der Waals surface area contributed by atoms with Crippen molar-refractivity contribution >= 4 is 22.6 Å². The van der Waals surface area contributed by atoms with E-state index < -0.39 is 5.91 Å². The zero-order valence-corrected chi connectivity index (χ0v) is 11.7. The third-order valence-electron chi connectivity index (χ3n) is 3.42. The summed E-state index contributed by atoms with van der Waals surface area (Å²) in [5, 5.41) is 4.43. The van der Waals surface area contributed by atoms with Gasteiger partial charge in [0.2, 0.25) is 5.91 Å². The molecular weight excluding hydrogens is 264 g/mol. The summed E-state index contributed by atoms with van der Waals surface area (Å²) in [7, 11) is 0. The maximum atomic E-state index is 11.0. The third kappa shape index (κ3) is 2.74. The van der Waals surface area contributed by atoms with Gasteiger partial charge < -0.3 is 15.5 Å². The third-order valence-corrected chi connectivity index (χ3v) is 3.42. The van der Waals surface area contributed by atoms with Gasteiger partial charge in [-0.2, -0.15) is 0 Å². The Kier molecular flexibility index (Phi) is 3.36. The molecule has 0 aliphatic rings. The molecule has 1 atom stereocenters. The van der Waals surface area contributed by atoms with Gasteiger partial charge >= 0.3 is 0 Å². The van der Waals surface area contributed by atoms with Gasteiger partial charge in [0.25, 0.3) is 0 Å². The molecule has 106 valence electrons. The highest BCUT2D eigenvalue weighted by Gasteiger charge is 2.11. The molecule has 3 rings (SSSR count). The van der Waals surface area contributed by atoms with Crippen molar-refractivity contribution in [3.63, 3.8) is 0 Å². The van der Waals surface area contributed by atoms with E-state index in [2.05, 4.69) is 5.32 Å². The largest absolute Gasteiger partial charge is 0.459 e. The summed E-state index contributed by atoms with van der Waals surface area (Å²) in [6.45, 7) is 2.03. The molecule has 2 aromatic carbocycles. The number of furan rings is 1. The molecule has 0 saturated heterocycles. The van der Waals surface area contributed by atoms with Crippen LogP contribution >= 0.6 is 0 Å². The fraction of sp³-hybridized carbons (Fsp3) is 0.118. The molecular formula is C17H16N2O2. The van der Waals surface area contributed by atoms with Gasteiger partial charge in [-0.3, -0.25) is 4.79 Å². The number of carbonyl (C=O) groups excluding carboxylic acids is 1. The lowest BCUT2D eigenvalue weighted by Crippen LogP contribution is -2.11. The molecule has 4 nitrogen and oxygen atoms in total. The standard InChI is InChI=1S/C17H16N2O2/c1-11(16-10-13-4-2-3-5-15(13)21-16)19-14-8-6-12(7-9-14)17(18)20/h2-11,19H,1H3,(H2,18,20). The molecule has 0 saturated carbocycles. The number of nitrogens with one attached hydrogen (secondary N) is 1. The Morgan fingerprint density at radius 3 is 2.52 bits per heavy atom. The zero-order chi connectivity index (χ0) is 14.8. The number of hydrogen-bond acceptors (Lipinski definition) is 3. The van der Waals surface area contributed by atoms with Crippen LogP contribution in [0.1, 0.15) is 29.1 Å². The topological polar surface area (TPSA) is 68.3 Å². The first-order chi connectivity index (χ1) is 10.1. The molecule has 0 bridgehead atoms. The number of primary amides is 1. The van der Waals surface area contributed by atoms with Gasteiger partial charge in [-0.15, -0.1) is 0 Å². The quantitative estimate of drug-likeness (QED) is 0.765. The molecule has 3 N–H and O–H groups in total. The second kappa shape index (κ2) is 5.32. The molecule has 3 aromatic rings. The summed E-state index contributed by atoms with van der Waals surface area (Å²) < 4.78 is 5.83. The number of para-hydroxylation sites is 1. The summed E-state index contributed by atoms with van der Waals surface area (Å²) >= 11 is 0. The van der Waals surface area contributed by atoms with Gasteiger partial charge in [0.1, 0.15) is 11.3 Å². The molecule has 0 radical (unpaired) electrons. The van der Waals surface area contributed by atoms with Crippen LogP contribution in [0.25, 0.3) is 11.0 Å². The van der Waals surface area contributed by atoms with Crippen molar-refractivity contribution in [2.24, 2.45) is 5.73 Å². The predicted octanol–water partition coefficient (Wildman–Crippen LogP) is 3.70. The first-order valence-electron chi connectivity index (χ1n) is 6.78. The van der Waals surface area contributed by atoms with Crippen LogP contribution in [0.3, 0.4) is 0 Å². The molecule has 21 heavy (non-hydrogen) atoms. The Labute approximate surface area is 122 Å². The molecule has 1 unspecified atom stereocenters. The highest BCUT2D eigenvalue weighted by atomic mass is 16.3. The Morgan fingerprint density at radius 1 is 1.14 bits per heavy atom. The molecule has 1 heterocycles. The Morgan fingerprint density at radius 2 is 1.86 bits per heavy atom. The van der Waals surface area contributed by atoms with Crippen molar-refractivity contribution < 1.29 is 9.21 Å².